The Morgan fingerprint density at radius 3 is 2.47 bits per heavy atom. The van der Waals surface area contributed by atoms with Gasteiger partial charge in [0.1, 0.15) is 0 Å². The van der Waals surface area contributed by atoms with Gasteiger partial charge in [-0.2, -0.15) is 18.4 Å². The first kappa shape index (κ1) is 12.8. The molecule has 0 amide bonds. The van der Waals surface area contributed by atoms with Crippen molar-refractivity contribution in [3.05, 3.63) is 31.3 Å². The van der Waals surface area contributed by atoms with Crippen LogP contribution in [0.5, 0.6) is 0 Å². The largest absolute Gasteiger partial charge is 0.417 e. The Balaban J connectivity index is 3.47. The quantitative estimate of drug-likeness (QED) is 0.662. The van der Waals surface area contributed by atoms with Crippen molar-refractivity contribution in [2.45, 2.75) is 12.6 Å². The molecule has 6 heteroatoms. The topological polar surface area (TPSA) is 23.8 Å². The summed E-state index contributed by atoms with van der Waals surface area (Å²) in [7, 11) is 0. The lowest BCUT2D eigenvalue weighted by Gasteiger charge is -2.14. The number of hydrogen-bond acceptors (Lipinski definition) is 1. The molecule has 0 spiro atoms. The number of hydrogen-bond donors (Lipinski definition) is 0. The van der Waals surface area contributed by atoms with Crippen LogP contribution in [0.1, 0.15) is 11.1 Å². The van der Waals surface area contributed by atoms with E-state index in [1.807, 2.05) is 0 Å². The molecule has 1 nitrogen and oxygen atoms in total. The van der Waals surface area contributed by atoms with Crippen LogP contribution in [0.2, 0.25) is 0 Å². The Morgan fingerprint density at radius 2 is 2.00 bits per heavy atom. The molecule has 0 aliphatic heterocycles. The molecule has 0 aromatic heterocycles. The lowest BCUT2D eigenvalue weighted by molar-refractivity contribution is -0.138. The molecule has 0 aliphatic carbocycles. The summed E-state index contributed by atoms with van der Waals surface area (Å²) in [6.07, 6.45) is -4.68. The maximum atomic E-state index is 12.7. The standard InChI is InChI=1S/C9H4BrF3IN/c10-6-1-2-7(14)8(9(11,12)13)5(6)3-4-15/h1-2H,3H2. The maximum Gasteiger partial charge on any atom is 0.417 e. The van der Waals surface area contributed by atoms with Crippen molar-refractivity contribution < 1.29 is 13.2 Å². The van der Waals surface area contributed by atoms with Gasteiger partial charge >= 0.3 is 6.18 Å². The number of benzene rings is 1. The zero-order chi connectivity index (χ0) is 11.6. The van der Waals surface area contributed by atoms with E-state index in [4.69, 9.17) is 5.26 Å². The monoisotopic (exact) mass is 389 g/mol. The first-order chi connectivity index (χ1) is 6.88. The minimum atomic E-state index is -4.42. The Bertz CT molecular complexity index is 423. The van der Waals surface area contributed by atoms with E-state index in [9.17, 15) is 13.2 Å². The molecule has 0 atom stereocenters. The van der Waals surface area contributed by atoms with Gasteiger partial charge in [-0.25, -0.2) is 0 Å². The molecule has 0 aliphatic rings. The molecular weight excluding hydrogens is 386 g/mol. The van der Waals surface area contributed by atoms with Crippen LogP contribution in [-0.4, -0.2) is 0 Å². The molecular formula is C9H4BrF3IN. The van der Waals surface area contributed by atoms with Gasteiger partial charge in [-0.3, -0.25) is 0 Å². The SMILES string of the molecule is N#CCc1c(Br)ccc(I)c1C(F)(F)F. The first-order valence-electron chi connectivity index (χ1n) is 3.79. The lowest BCUT2D eigenvalue weighted by Crippen LogP contribution is -2.12. The van der Waals surface area contributed by atoms with Crippen LogP contribution in [-0.2, 0) is 12.6 Å². The second-order valence-corrected chi connectivity index (χ2v) is 4.73. The van der Waals surface area contributed by atoms with Crippen LogP contribution in [0.4, 0.5) is 13.2 Å². The number of halogens is 5. The number of alkyl halides is 3. The van der Waals surface area contributed by atoms with E-state index in [1.165, 1.54) is 12.1 Å². The van der Waals surface area contributed by atoms with Gasteiger partial charge in [-0.05, 0) is 40.3 Å². The number of nitriles is 1. The second kappa shape index (κ2) is 4.70. The summed E-state index contributed by atoms with van der Waals surface area (Å²) in [6, 6.07) is 4.62. The fraction of sp³-hybridized carbons (Fsp3) is 0.222. The molecule has 80 valence electrons. The van der Waals surface area contributed by atoms with E-state index in [1.54, 1.807) is 28.7 Å². The van der Waals surface area contributed by atoms with Gasteiger partial charge in [0.15, 0.2) is 0 Å². The van der Waals surface area contributed by atoms with Gasteiger partial charge in [0, 0.05) is 8.04 Å². The highest BCUT2D eigenvalue weighted by Crippen LogP contribution is 2.38. The molecule has 0 N–H and O–H groups in total. The van der Waals surface area contributed by atoms with Crippen molar-refractivity contribution in [1.82, 2.24) is 0 Å². The molecule has 0 fully saturated rings. The van der Waals surface area contributed by atoms with Crippen LogP contribution in [0, 0.1) is 14.9 Å². The molecule has 0 bridgehead atoms. The molecule has 0 heterocycles. The molecule has 1 rings (SSSR count). The predicted molar refractivity (Wildman–Crippen MR) is 61.2 cm³/mol. The Kier molecular flexibility index (Phi) is 4.00. The molecule has 0 saturated carbocycles. The highest BCUT2D eigenvalue weighted by atomic mass is 127. The minimum Gasteiger partial charge on any atom is -0.198 e. The van der Waals surface area contributed by atoms with Crippen LogP contribution < -0.4 is 0 Å². The Hall–Kier alpha value is -0.290. The Labute approximate surface area is 107 Å². The molecule has 0 saturated heterocycles. The zero-order valence-electron chi connectivity index (χ0n) is 7.20. The van der Waals surface area contributed by atoms with Crippen molar-refractivity contribution in [2.24, 2.45) is 0 Å². The van der Waals surface area contributed by atoms with Gasteiger partial charge in [-0.15, -0.1) is 0 Å². The van der Waals surface area contributed by atoms with Crippen molar-refractivity contribution in [2.75, 3.05) is 0 Å². The summed E-state index contributed by atoms with van der Waals surface area (Å²) in [6.45, 7) is 0. The summed E-state index contributed by atoms with van der Waals surface area (Å²) < 4.78 is 38.5. The Morgan fingerprint density at radius 1 is 1.40 bits per heavy atom. The van der Waals surface area contributed by atoms with Crippen molar-refractivity contribution >= 4 is 38.5 Å². The zero-order valence-corrected chi connectivity index (χ0v) is 10.9. The van der Waals surface area contributed by atoms with Crippen molar-refractivity contribution in [3.63, 3.8) is 0 Å². The summed E-state index contributed by atoms with van der Waals surface area (Å²) >= 11 is 4.64. The third-order valence-electron chi connectivity index (χ3n) is 1.74. The fourth-order valence-electron chi connectivity index (χ4n) is 1.15. The van der Waals surface area contributed by atoms with E-state index in [0.29, 0.717) is 4.47 Å². The number of rotatable bonds is 1. The highest BCUT2D eigenvalue weighted by molar-refractivity contribution is 14.1. The summed E-state index contributed by atoms with van der Waals surface area (Å²) in [5.74, 6) is 0. The first-order valence-corrected chi connectivity index (χ1v) is 5.66. The van der Waals surface area contributed by atoms with Crippen molar-refractivity contribution in [3.8, 4) is 6.07 Å². The van der Waals surface area contributed by atoms with E-state index in [-0.39, 0.29) is 15.6 Å². The molecule has 1 aromatic carbocycles. The fourth-order valence-corrected chi connectivity index (χ4v) is 2.43. The molecule has 0 radical (unpaired) electrons. The van der Waals surface area contributed by atoms with E-state index < -0.39 is 11.7 Å². The van der Waals surface area contributed by atoms with Gasteiger partial charge in [0.05, 0.1) is 18.1 Å². The third-order valence-corrected chi connectivity index (χ3v) is 3.39. The van der Waals surface area contributed by atoms with Gasteiger partial charge < -0.3 is 0 Å². The third kappa shape index (κ3) is 2.84. The smallest absolute Gasteiger partial charge is 0.198 e. The normalized spacial score (nSPS) is 11.2. The molecule has 0 unspecified atom stereocenters. The minimum absolute atomic E-state index is 0.00287. The number of nitrogens with zero attached hydrogens (tertiary/aromatic N) is 1. The van der Waals surface area contributed by atoms with Gasteiger partial charge in [0.2, 0.25) is 0 Å². The van der Waals surface area contributed by atoms with Crippen LogP contribution in [0.25, 0.3) is 0 Å². The molecule has 1 aromatic rings. The predicted octanol–water partition coefficient (Wildman–Crippen LogP) is 4.14. The van der Waals surface area contributed by atoms with Gasteiger partial charge in [-0.1, -0.05) is 15.9 Å². The van der Waals surface area contributed by atoms with E-state index in [0.717, 1.165) is 0 Å². The van der Waals surface area contributed by atoms with E-state index in [2.05, 4.69) is 15.9 Å². The average Bonchev–Trinajstić information content (AvgIpc) is 2.09. The van der Waals surface area contributed by atoms with Crippen molar-refractivity contribution in [1.29, 1.82) is 5.26 Å². The van der Waals surface area contributed by atoms with Crippen LogP contribution in [0.15, 0.2) is 16.6 Å². The maximum absolute atomic E-state index is 12.7. The lowest BCUT2D eigenvalue weighted by atomic mass is 10.1. The summed E-state index contributed by atoms with van der Waals surface area (Å²) in [5, 5.41) is 8.48. The van der Waals surface area contributed by atoms with Crippen LogP contribution >= 0.6 is 38.5 Å². The summed E-state index contributed by atoms with van der Waals surface area (Å²) in [4.78, 5) is 0. The summed E-state index contributed by atoms with van der Waals surface area (Å²) in [5.41, 5.74) is -0.726. The van der Waals surface area contributed by atoms with E-state index >= 15 is 0 Å². The highest BCUT2D eigenvalue weighted by Gasteiger charge is 2.36. The van der Waals surface area contributed by atoms with Gasteiger partial charge in [0.25, 0.3) is 0 Å². The van der Waals surface area contributed by atoms with Crippen LogP contribution in [0.3, 0.4) is 0 Å². The second-order valence-electron chi connectivity index (χ2n) is 2.72. The molecule has 15 heavy (non-hydrogen) atoms. The average molecular weight is 390 g/mol.